The van der Waals surface area contributed by atoms with Crippen molar-refractivity contribution < 1.29 is 27.9 Å². The molecule has 1 atom stereocenters. The first kappa shape index (κ1) is 20.3. The van der Waals surface area contributed by atoms with Gasteiger partial charge in [-0.3, -0.25) is 14.4 Å². The first-order valence-electron chi connectivity index (χ1n) is 7.98. The lowest BCUT2D eigenvalue weighted by Gasteiger charge is -2.09. The fourth-order valence-corrected chi connectivity index (χ4v) is 3.27. The third kappa shape index (κ3) is 5.76. The molecule has 0 saturated carbocycles. The Balaban J connectivity index is 1.91. The summed E-state index contributed by atoms with van der Waals surface area (Å²) in [5.41, 5.74) is 5.24. The van der Waals surface area contributed by atoms with Crippen molar-refractivity contribution in [1.29, 1.82) is 0 Å². The molecule has 2 aromatic rings. The second kappa shape index (κ2) is 8.60. The van der Waals surface area contributed by atoms with Gasteiger partial charge in [0.05, 0.1) is 4.90 Å². The molecule has 0 fully saturated rings. The number of hydrogen-bond acceptors (Lipinski definition) is 6. The Bertz CT molecular complexity index is 974. The summed E-state index contributed by atoms with van der Waals surface area (Å²) >= 11 is 0. The van der Waals surface area contributed by atoms with Crippen molar-refractivity contribution in [2.45, 2.75) is 23.8 Å². The molecule has 2 aromatic carbocycles. The van der Waals surface area contributed by atoms with E-state index in [1.54, 1.807) is 18.2 Å². The normalized spacial score (nSPS) is 12.3. The Hall–Kier alpha value is -2.98. The number of benzene rings is 2. The van der Waals surface area contributed by atoms with Crippen LogP contribution in [0.4, 0.5) is 0 Å². The average molecular weight is 393 g/mol. The third-order valence-corrected chi connectivity index (χ3v) is 5.07. The number of sulfonamides is 1. The highest BCUT2D eigenvalue weighted by Crippen LogP contribution is 2.18. The molecule has 0 aliphatic rings. The van der Waals surface area contributed by atoms with Crippen molar-refractivity contribution in [3.63, 3.8) is 0 Å². The standard InChI is InChI=1S/C17H19N3O6S/c18-14(17(23)24)10-19-15(21)7-8-16(22)20-27(25,26)13-6-5-11-3-1-2-4-12(11)9-13/h1-6,9,14H,7-8,10,18H2,(H,19,21)(H,20,22)(H,23,24). The minimum Gasteiger partial charge on any atom is -0.480 e. The summed E-state index contributed by atoms with van der Waals surface area (Å²) in [5.74, 6) is -2.72. The summed E-state index contributed by atoms with van der Waals surface area (Å²) in [6.45, 7) is -0.287. The largest absolute Gasteiger partial charge is 0.480 e. The Labute approximate surface area is 155 Å². The molecule has 0 aromatic heterocycles. The van der Waals surface area contributed by atoms with Crippen molar-refractivity contribution in [3.8, 4) is 0 Å². The summed E-state index contributed by atoms with van der Waals surface area (Å²) in [6.07, 6.45) is -0.674. The van der Waals surface area contributed by atoms with Crippen LogP contribution >= 0.6 is 0 Å². The Morgan fingerprint density at radius 3 is 2.30 bits per heavy atom. The number of amides is 2. The van der Waals surface area contributed by atoms with Crippen LogP contribution in [0.25, 0.3) is 10.8 Å². The smallest absolute Gasteiger partial charge is 0.322 e. The van der Waals surface area contributed by atoms with E-state index >= 15 is 0 Å². The molecule has 27 heavy (non-hydrogen) atoms. The van der Waals surface area contributed by atoms with Crippen LogP contribution in [0.1, 0.15) is 12.8 Å². The lowest BCUT2D eigenvalue weighted by Crippen LogP contribution is -2.42. The fourth-order valence-electron chi connectivity index (χ4n) is 2.22. The first-order valence-corrected chi connectivity index (χ1v) is 9.47. The number of nitrogens with one attached hydrogen (secondary N) is 2. The van der Waals surface area contributed by atoms with Crippen LogP contribution in [-0.4, -0.2) is 43.9 Å². The van der Waals surface area contributed by atoms with Crippen molar-refractivity contribution in [3.05, 3.63) is 42.5 Å². The van der Waals surface area contributed by atoms with Gasteiger partial charge in [0.2, 0.25) is 11.8 Å². The lowest BCUT2D eigenvalue weighted by molar-refractivity contribution is -0.138. The van der Waals surface area contributed by atoms with Crippen molar-refractivity contribution in [1.82, 2.24) is 10.0 Å². The second-order valence-electron chi connectivity index (χ2n) is 5.79. The van der Waals surface area contributed by atoms with Gasteiger partial charge in [-0.15, -0.1) is 0 Å². The fraction of sp³-hybridized carbons (Fsp3) is 0.235. The summed E-state index contributed by atoms with van der Waals surface area (Å²) < 4.78 is 26.5. The quantitative estimate of drug-likeness (QED) is 0.490. The van der Waals surface area contributed by atoms with E-state index in [1.807, 2.05) is 16.9 Å². The van der Waals surface area contributed by atoms with E-state index in [0.717, 1.165) is 5.39 Å². The molecular weight excluding hydrogens is 374 g/mol. The number of carboxylic acids is 1. The molecule has 0 spiro atoms. The van der Waals surface area contributed by atoms with Gasteiger partial charge in [0, 0.05) is 19.4 Å². The Morgan fingerprint density at radius 1 is 1.00 bits per heavy atom. The second-order valence-corrected chi connectivity index (χ2v) is 7.47. The van der Waals surface area contributed by atoms with Gasteiger partial charge in [-0.2, -0.15) is 0 Å². The Morgan fingerprint density at radius 2 is 1.63 bits per heavy atom. The molecule has 5 N–H and O–H groups in total. The van der Waals surface area contributed by atoms with E-state index in [2.05, 4.69) is 5.32 Å². The van der Waals surface area contributed by atoms with Crippen LogP contribution in [-0.2, 0) is 24.4 Å². The van der Waals surface area contributed by atoms with Gasteiger partial charge in [-0.25, -0.2) is 13.1 Å². The number of carbonyl (C=O) groups is 3. The number of aliphatic carboxylic acids is 1. The van der Waals surface area contributed by atoms with Crippen molar-refractivity contribution in [2.24, 2.45) is 5.73 Å². The molecule has 0 radical (unpaired) electrons. The highest BCUT2D eigenvalue weighted by molar-refractivity contribution is 7.90. The molecule has 1 unspecified atom stereocenters. The van der Waals surface area contributed by atoms with Crippen LogP contribution in [0, 0.1) is 0 Å². The topological polar surface area (TPSA) is 156 Å². The zero-order valence-electron chi connectivity index (χ0n) is 14.2. The summed E-state index contributed by atoms with van der Waals surface area (Å²) in [7, 11) is -4.06. The van der Waals surface area contributed by atoms with Gasteiger partial charge in [-0.1, -0.05) is 30.3 Å². The van der Waals surface area contributed by atoms with Gasteiger partial charge in [0.25, 0.3) is 10.0 Å². The maximum atomic E-state index is 12.3. The molecular formula is C17H19N3O6S. The maximum absolute atomic E-state index is 12.3. The molecule has 0 saturated heterocycles. The molecule has 2 amide bonds. The molecule has 0 bridgehead atoms. The van der Waals surface area contributed by atoms with E-state index < -0.39 is 33.8 Å². The zero-order chi connectivity index (χ0) is 20.0. The van der Waals surface area contributed by atoms with E-state index in [9.17, 15) is 22.8 Å². The SMILES string of the molecule is NC(CNC(=O)CCC(=O)NS(=O)(=O)c1ccc2ccccc2c1)C(=O)O. The monoisotopic (exact) mass is 393 g/mol. The van der Waals surface area contributed by atoms with Crippen LogP contribution in [0.5, 0.6) is 0 Å². The lowest BCUT2D eigenvalue weighted by atomic mass is 10.1. The summed E-state index contributed by atoms with van der Waals surface area (Å²) in [6, 6.07) is 10.4. The van der Waals surface area contributed by atoms with Gasteiger partial charge in [0.15, 0.2) is 0 Å². The van der Waals surface area contributed by atoms with Gasteiger partial charge >= 0.3 is 5.97 Å². The number of fused-ring (bicyclic) bond motifs is 1. The van der Waals surface area contributed by atoms with Gasteiger partial charge in [0.1, 0.15) is 6.04 Å². The number of nitrogens with two attached hydrogens (primary N) is 1. The molecule has 144 valence electrons. The predicted molar refractivity (Wildman–Crippen MR) is 97.1 cm³/mol. The van der Waals surface area contributed by atoms with Crippen LogP contribution in [0.2, 0.25) is 0 Å². The van der Waals surface area contributed by atoms with Gasteiger partial charge < -0.3 is 16.2 Å². The summed E-state index contributed by atoms with van der Waals surface area (Å²) in [5, 5.41) is 12.4. The van der Waals surface area contributed by atoms with Gasteiger partial charge in [-0.05, 0) is 22.9 Å². The van der Waals surface area contributed by atoms with Crippen molar-refractivity contribution >= 4 is 38.6 Å². The van der Waals surface area contributed by atoms with Crippen LogP contribution in [0.3, 0.4) is 0 Å². The molecule has 0 heterocycles. The third-order valence-electron chi connectivity index (χ3n) is 3.69. The number of carboxylic acid groups (broad SMARTS) is 1. The maximum Gasteiger partial charge on any atom is 0.322 e. The number of carbonyl (C=O) groups excluding carboxylic acids is 2. The molecule has 0 aliphatic carbocycles. The van der Waals surface area contributed by atoms with E-state index in [-0.39, 0.29) is 24.3 Å². The van der Waals surface area contributed by atoms with E-state index in [0.29, 0.717) is 5.39 Å². The first-order chi connectivity index (χ1) is 12.7. The minimum atomic E-state index is -4.06. The highest BCUT2D eigenvalue weighted by atomic mass is 32.2. The average Bonchev–Trinajstić information content (AvgIpc) is 2.63. The molecule has 0 aliphatic heterocycles. The highest BCUT2D eigenvalue weighted by Gasteiger charge is 2.19. The van der Waals surface area contributed by atoms with E-state index in [4.69, 9.17) is 10.8 Å². The predicted octanol–water partition coefficient (Wildman–Crippen LogP) is -0.0470. The number of hydrogen-bond donors (Lipinski definition) is 4. The molecule has 10 heteroatoms. The van der Waals surface area contributed by atoms with E-state index in [1.165, 1.54) is 12.1 Å². The van der Waals surface area contributed by atoms with Crippen LogP contribution in [0.15, 0.2) is 47.4 Å². The molecule has 2 rings (SSSR count). The van der Waals surface area contributed by atoms with Crippen molar-refractivity contribution in [2.75, 3.05) is 6.54 Å². The van der Waals surface area contributed by atoms with Crippen LogP contribution < -0.4 is 15.8 Å². The Kier molecular flexibility index (Phi) is 6.48. The minimum absolute atomic E-state index is 0.0635. The number of rotatable bonds is 8. The summed E-state index contributed by atoms with van der Waals surface area (Å²) in [4.78, 5) is 33.9. The molecule has 9 nitrogen and oxygen atoms in total. The zero-order valence-corrected chi connectivity index (χ0v) is 15.0.